The lowest BCUT2D eigenvalue weighted by atomic mass is 10.2. The lowest BCUT2D eigenvalue weighted by Crippen LogP contribution is -2.47. The summed E-state index contributed by atoms with van der Waals surface area (Å²) in [4.78, 5) is 22.0. The Bertz CT molecular complexity index is 256. The molecule has 0 saturated carbocycles. The van der Waals surface area contributed by atoms with Crippen LogP contribution in [0.25, 0.3) is 0 Å². The zero-order valence-electron chi connectivity index (χ0n) is 8.81. The van der Waals surface area contributed by atoms with Crippen molar-refractivity contribution in [2.24, 2.45) is 0 Å². The lowest BCUT2D eigenvalue weighted by molar-refractivity contribution is -0.143. The maximum absolute atomic E-state index is 11.5. The molecule has 7 heteroatoms. The van der Waals surface area contributed by atoms with E-state index in [-0.39, 0.29) is 18.4 Å². The van der Waals surface area contributed by atoms with Crippen LogP contribution in [0.15, 0.2) is 0 Å². The summed E-state index contributed by atoms with van der Waals surface area (Å²) < 4.78 is 0. The second kappa shape index (κ2) is 6.72. The van der Waals surface area contributed by atoms with Crippen molar-refractivity contribution in [1.82, 2.24) is 10.6 Å². The highest BCUT2D eigenvalue weighted by molar-refractivity contribution is 7.99. The highest BCUT2D eigenvalue weighted by Gasteiger charge is 2.21. The SMILES string of the molecule is O=C(CC1CSCCN1)N[C@@H](CO)C(=O)O. The highest BCUT2D eigenvalue weighted by Crippen LogP contribution is 2.09. The Balaban J connectivity index is 2.31. The van der Waals surface area contributed by atoms with Gasteiger partial charge in [-0.1, -0.05) is 0 Å². The number of carbonyl (C=O) groups excluding carboxylic acids is 1. The molecule has 16 heavy (non-hydrogen) atoms. The number of carbonyl (C=O) groups is 2. The van der Waals surface area contributed by atoms with Gasteiger partial charge in [-0.25, -0.2) is 4.79 Å². The van der Waals surface area contributed by atoms with Crippen LogP contribution in [-0.2, 0) is 9.59 Å². The first kappa shape index (κ1) is 13.3. The molecule has 1 fully saturated rings. The van der Waals surface area contributed by atoms with Gasteiger partial charge in [0.25, 0.3) is 0 Å². The molecule has 0 aliphatic carbocycles. The maximum atomic E-state index is 11.5. The van der Waals surface area contributed by atoms with Gasteiger partial charge in [0.1, 0.15) is 6.04 Å². The molecule has 0 spiro atoms. The molecular formula is C9H16N2O4S. The van der Waals surface area contributed by atoms with E-state index in [1.165, 1.54) is 0 Å². The third kappa shape index (κ3) is 4.38. The van der Waals surface area contributed by atoms with Gasteiger partial charge >= 0.3 is 5.97 Å². The molecular weight excluding hydrogens is 232 g/mol. The van der Waals surface area contributed by atoms with Gasteiger partial charge in [0.05, 0.1) is 6.61 Å². The number of rotatable bonds is 5. The third-order valence-corrected chi connectivity index (χ3v) is 3.38. The fourth-order valence-electron chi connectivity index (χ4n) is 1.41. The minimum atomic E-state index is -1.22. The lowest BCUT2D eigenvalue weighted by Gasteiger charge is -2.23. The Hall–Kier alpha value is -0.790. The van der Waals surface area contributed by atoms with Gasteiger partial charge in [-0.05, 0) is 0 Å². The summed E-state index contributed by atoms with van der Waals surface area (Å²) in [5.41, 5.74) is 0. The first-order valence-corrected chi connectivity index (χ1v) is 6.23. The number of aliphatic carboxylic acids is 1. The van der Waals surface area contributed by atoms with Crippen molar-refractivity contribution < 1.29 is 19.8 Å². The van der Waals surface area contributed by atoms with Gasteiger partial charge in [-0.3, -0.25) is 4.79 Å². The summed E-state index contributed by atoms with van der Waals surface area (Å²) in [5, 5.41) is 22.8. The molecule has 6 nitrogen and oxygen atoms in total. The zero-order valence-corrected chi connectivity index (χ0v) is 9.63. The average molecular weight is 248 g/mol. The van der Waals surface area contributed by atoms with E-state index >= 15 is 0 Å². The normalized spacial score (nSPS) is 22.4. The van der Waals surface area contributed by atoms with Crippen molar-refractivity contribution in [3.05, 3.63) is 0 Å². The van der Waals surface area contributed by atoms with Gasteiger partial charge in [-0.15, -0.1) is 0 Å². The Morgan fingerprint density at radius 2 is 2.31 bits per heavy atom. The van der Waals surface area contributed by atoms with Crippen LogP contribution in [0.5, 0.6) is 0 Å². The third-order valence-electron chi connectivity index (χ3n) is 2.25. The molecule has 1 rings (SSSR count). The average Bonchev–Trinajstić information content (AvgIpc) is 2.27. The molecule has 1 amide bonds. The van der Waals surface area contributed by atoms with Crippen LogP contribution in [0.1, 0.15) is 6.42 Å². The van der Waals surface area contributed by atoms with Crippen LogP contribution in [0.3, 0.4) is 0 Å². The van der Waals surface area contributed by atoms with E-state index < -0.39 is 18.6 Å². The van der Waals surface area contributed by atoms with Crippen LogP contribution in [0, 0.1) is 0 Å². The highest BCUT2D eigenvalue weighted by atomic mass is 32.2. The number of aliphatic hydroxyl groups is 1. The first-order valence-electron chi connectivity index (χ1n) is 5.07. The topological polar surface area (TPSA) is 98.7 Å². The van der Waals surface area contributed by atoms with Crippen molar-refractivity contribution >= 4 is 23.6 Å². The molecule has 92 valence electrons. The van der Waals surface area contributed by atoms with Gasteiger partial charge in [0, 0.05) is 30.5 Å². The molecule has 0 aromatic heterocycles. The number of hydrogen-bond acceptors (Lipinski definition) is 5. The molecule has 0 aromatic rings. The molecule has 2 atom stereocenters. The maximum Gasteiger partial charge on any atom is 0.328 e. The van der Waals surface area contributed by atoms with Crippen LogP contribution < -0.4 is 10.6 Å². The fourth-order valence-corrected chi connectivity index (χ4v) is 2.36. The minimum Gasteiger partial charge on any atom is -0.480 e. The summed E-state index contributed by atoms with van der Waals surface area (Å²) in [6.45, 7) is 0.277. The van der Waals surface area contributed by atoms with Crippen molar-refractivity contribution in [2.45, 2.75) is 18.5 Å². The fraction of sp³-hybridized carbons (Fsp3) is 0.778. The van der Waals surface area contributed by atoms with Gasteiger partial charge < -0.3 is 20.8 Å². The van der Waals surface area contributed by atoms with E-state index in [9.17, 15) is 9.59 Å². The summed E-state index contributed by atoms with van der Waals surface area (Å²) in [6.07, 6.45) is 0.247. The van der Waals surface area contributed by atoms with E-state index in [4.69, 9.17) is 10.2 Å². The number of aliphatic hydroxyl groups excluding tert-OH is 1. The Morgan fingerprint density at radius 1 is 1.56 bits per heavy atom. The number of carboxylic acids is 1. The van der Waals surface area contributed by atoms with Crippen LogP contribution >= 0.6 is 11.8 Å². The molecule has 1 saturated heterocycles. The van der Waals surface area contributed by atoms with E-state index in [2.05, 4.69) is 10.6 Å². The molecule has 1 heterocycles. The van der Waals surface area contributed by atoms with E-state index in [1.54, 1.807) is 11.8 Å². The smallest absolute Gasteiger partial charge is 0.328 e. The van der Waals surface area contributed by atoms with Gasteiger partial charge in [0.2, 0.25) is 5.91 Å². The summed E-state index contributed by atoms with van der Waals surface area (Å²) in [5.74, 6) is 0.319. The van der Waals surface area contributed by atoms with Gasteiger partial charge in [-0.2, -0.15) is 11.8 Å². The monoisotopic (exact) mass is 248 g/mol. The molecule has 1 unspecified atom stereocenters. The Morgan fingerprint density at radius 3 is 2.81 bits per heavy atom. The Labute approximate surface area is 97.8 Å². The van der Waals surface area contributed by atoms with Crippen molar-refractivity contribution in [3.8, 4) is 0 Å². The molecule has 1 aliphatic heterocycles. The largest absolute Gasteiger partial charge is 0.480 e. The number of nitrogens with one attached hydrogen (secondary N) is 2. The summed E-state index contributed by atoms with van der Waals surface area (Å²) in [7, 11) is 0. The molecule has 0 bridgehead atoms. The second-order valence-corrected chi connectivity index (χ2v) is 4.72. The standard InChI is InChI=1S/C9H16N2O4S/c12-4-7(9(14)15)11-8(13)3-6-5-16-2-1-10-6/h6-7,10,12H,1-5H2,(H,11,13)(H,14,15)/t6?,7-/m0/s1. The number of thioether (sulfide) groups is 1. The van der Waals surface area contributed by atoms with Crippen LogP contribution in [0.4, 0.5) is 0 Å². The molecule has 0 aromatic carbocycles. The quantitative estimate of drug-likeness (QED) is 0.480. The van der Waals surface area contributed by atoms with Gasteiger partial charge in [0.15, 0.2) is 0 Å². The number of hydrogen-bond donors (Lipinski definition) is 4. The minimum absolute atomic E-state index is 0.0897. The van der Waals surface area contributed by atoms with Crippen molar-refractivity contribution in [1.29, 1.82) is 0 Å². The zero-order chi connectivity index (χ0) is 12.0. The van der Waals surface area contributed by atoms with Crippen molar-refractivity contribution in [3.63, 3.8) is 0 Å². The number of carboxylic acid groups (broad SMARTS) is 1. The van der Waals surface area contributed by atoms with Crippen LogP contribution in [-0.4, -0.2) is 58.8 Å². The van der Waals surface area contributed by atoms with E-state index in [0.717, 1.165) is 18.1 Å². The first-order chi connectivity index (χ1) is 7.63. The second-order valence-electron chi connectivity index (χ2n) is 3.57. The Kier molecular flexibility index (Phi) is 5.58. The summed E-state index contributed by atoms with van der Waals surface area (Å²) in [6, 6.07) is -1.12. The molecule has 1 aliphatic rings. The van der Waals surface area contributed by atoms with E-state index in [1.807, 2.05) is 0 Å². The van der Waals surface area contributed by atoms with E-state index in [0.29, 0.717) is 0 Å². The summed E-state index contributed by atoms with van der Waals surface area (Å²) >= 11 is 1.77. The molecule has 0 radical (unpaired) electrons. The predicted molar refractivity (Wildman–Crippen MR) is 60.4 cm³/mol. The number of amides is 1. The predicted octanol–water partition coefficient (Wildman–Crippen LogP) is -1.36. The van der Waals surface area contributed by atoms with Crippen molar-refractivity contribution in [2.75, 3.05) is 24.7 Å². The molecule has 4 N–H and O–H groups in total. The van der Waals surface area contributed by atoms with Crippen LogP contribution in [0.2, 0.25) is 0 Å².